The van der Waals surface area contributed by atoms with Gasteiger partial charge in [-0.05, 0) is 37.2 Å². The fourth-order valence-corrected chi connectivity index (χ4v) is 2.67. The van der Waals surface area contributed by atoms with Gasteiger partial charge in [-0.25, -0.2) is 4.39 Å². The number of hydrogen-bond acceptors (Lipinski definition) is 2. The lowest BCUT2D eigenvalue weighted by atomic mass is 10.0. The Morgan fingerprint density at radius 2 is 2.33 bits per heavy atom. The molecule has 1 aromatic carbocycles. The minimum atomic E-state index is -0.188. The molecule has 1 aliphatic rings. The molecule has 0 radical (unpaired) electrons. The van der Waals surface area contributed by atoms with E-state index < -0.39 is 0 Å². The summed E-state index contributed by atoms with van der Waals surface area (Å²) in [5.41, 5.74) is 2.15. The van der Waals surface area contributed by atoms with Gasteiger partial charge in [-0.2, -0.15) is 0 Å². The molecular formula is C14H18FN3. The SMILES string of the molecule is CN1CCNCC1Cc1c[nH]c2cc(F)ccc12. The summed E-state index contributed by atoms with van der Waals surface area (Å²) in [5.74, 6) is -0.188. The standard InChI is InChI=1S/C14H18FN3/c1-18-5-4-16-9-12(18)6-10-8-17-14-7-11(15)2-3-13(10)14/h2-3,7-8,12,16-17H,4-6,9H2,1H3. The van der Waals surface area contributed by atoms with Gasteiger partial charge in [0, 0.05) is 42.8 Å². The number of H-pyrrole nitrogens is 1. The first-order chi connectivity index (χ1) is 8.74. The average Bonchev–Trinajstić information content (AvgIpc) is 2.74. The number of nitrogens with one attached hydrogen (secondary N) is 2. The third-order valence-electron chi connectivity index (χ3n) is 3.83. The van der Waals surface area contributed by atoms with Crippen molar-refractivity contribution in [1.29, 1.82) is 0 Å². The van der Waals surface area contributed by atoms with Gasteiger partial charge >= 0.3 is 0 Å². The number of aromatic amines is 1. The molecule has 0 aliphatic carbocycles. The van der Waals surface area contributed by atoms with E-state index in [1.165, 1.54) is 11.6 Å². The Hall–Kier alpha value is -1.39. The molecule has 3 rings (SSSR count). The third kappa shape index (κ3) is 2.13. The summed E-state index contributed by atoms with van der Waals surface area (Å²) < 4.78 is 13.1. The van der Waals surface area contributed by atoms with Crippen LogP contribution in [0.1, 0.15) is 5.56 Å². The molecular weight excluding hydrogens is 229 g/mol. The van der Waals surface area contributed by atoms with Crippen LogP contribution in [-0.4, -0.2) is 42.6 Å². The van der Waals surface area contributed by atoms with Crippen molar-refractivity contribution in [2.75, 3.05) is 26.7 Å². The summed E-state index contributed by atoms with van der Waals surface area (Å²) in [6.07, 6.45) is 3.00. The lowest BCUT2D eigenvalue weighted by Crippen LogP contribution is -2.50. The predicted molar refractivity (Wildman–Crippen MR) is 71.2 cm³/mol. The van der Waals surface area contributed by atoms with Gasteiger partial charge in [0.2, 0.25) is 0 Å². The molecule has 1 atom stereocenters. The maximum atomic E-state index is 13.1. The molecule has 3 nitrogen and oxygen atoms in total. The summed E-state index contributed by atoms with van der Waals surface area (Å²) in [5, 5.41) is 4.56. The van der Waals surface area contributed by atoms with Gasteiger partial charge in [0.25, 0.3) is 0 Å². The Morgan fingerprint density at radius 3 is 3.17 bits per heavy atom. The summed E-state index contributed by atoms with van der Waals surface area (Å²) >= 11 is 0. The highest BCUT2D eigenvalue weighted by Crippen LogP contribution is 2.21. The second-order valence-electron chi connectivity index (χ2n) is 5.05. The number of fused-ring (bicyclic) bond motifs is 1. The maximum Gasteiger partial charge on any atom is 0.125 e. The molecule has 1 aliphatic heterocycles. The van der Waals surface area contributed by atoms with Gasteiger partial charge < -0.3 is 15.2 Å². The minimum absolute atomic E-state index is 0.188. The van der Waals surface area contributed by atoms with Crippen LogP contribution in [0.25, 0.3) is 10.9 Å². The van der Waals surface area contributed by atoms with E-state index >= 15 is 0 Å². The topological polar surface area (TPSA) is 31.1 Å². The smallest absolute Gasteiger partial charge is 0.125 e. The monoisotopic (exact) mass is 247 g/mol. The zero-order valence-electron chi connectivity index (χ0n) is 10.5. The molecule has 1 fully saturated rings. The van der Waals surface area contributed by atoms with E-state index in [9.17, 15) is 4.39 Å². The first-order valence-electron chi connectivity index (χ1n) is 6.40. The molecule has 96 valence electrons. The van der Waals surface area contributed by atoms with Crippen LogP contribution in [0, 0.1) is 5.82 Å². The molecule has 0 amide bonds. The predicted octanol–water partition coefficient (Wildman–Crippen LogP) is 1.75. The van der Waals surface area contributed by atoms with Crippen LogP contribution in [0.3, 0.4) is 0 Å². The normalized spacial score (nSPS) is 21.6. The van der Waals surface area contributed by atoms with Crippen molar-refractivity contribution in [3.8, 4) is 0 Å². The zero-order chi connectivity index (χ0) is 12.5. The highest BCUT2D eigenvalue weighted by atomic mass is 19.1. The Kier molecular flexibility index (Phi) is 3.06. The number of hydrogen-bond donors (Lipinski definition) is 2. The van der Waals surface area contributed by atoms with E-state index in [0.717, 1.165) is 37.0 Å². The number of rotatable bonds is 2. The second-order valence-corrected chi connectivity index (χ2v) is 5.05. The van der Waals surface area contributed by atoms with Crippen molar-refractivity contribution in [2.45, 2.75) is 12.5 Å². The Bertz CT molecular complexity index is 549. The van der Waals surface area contributed by atoms with Gasteiger partial charge in [0.05, 0.1) is 0 Å². The number of benzene rings is 1. The van der Waals surface area contributed by atoms with Crippen molar-refractivity contribution in [2.24, 2.45) is 0 Å². The molecule has 4 heteroatoms. The molecule has 0 spiro atoms. The fourth-order valence-electron chi connectivity index (χ4n) is 2.67. The van der Waals surface area contributed by atoms with Crippen LogP contribution >= 0.6 is 0 Å². The quantitative estimate of drug-likeness (QED) is 0.847. The Labute approximate surface area is 106 Å². The van der Waals surface area contributed by atoms with Gasteiger partial charge in [0.1, 0.15) is 5.82 Å². The van der Waals surface area contributed by atoms with Crippen LogP contribution in [0.5, 0.6) is 0 Å². The highest BCUT2D eigenvalue weighted by molar-refractivity contribution is 5.83. The van der Waals surface area contributed by atoms with Gasteiger partial charge in [0.15, 0.2) is 0 Å². The minimum Gasteiger partial charge on any atom is -0.361 e. The third-order valence-corrected chi connectivity index (χ3v) is 3.83. The molecule has 2 aromatic rings. The second kappa shape index (κ2) is 4.71. The molecule has 0 saturated carbocycles. The summed E-state index contributed by atoms with van der Waals surface area (Å²) in [6.45, 7) is 3.16. The van der Waals surface area contributed by atoms with Crippen molar-refractivity contribution >= 4 is 10.9 Å². The van der Waals surface area contributed by atoms with E-state index in [1.54, 1.807) is 6.07 Å². The molecule has 2 N–H and O–H groups in total. The number of halogens is 1. The van der Waals surface area contributed by atoms with Crippen molar-refractivity contribution < 1.29 is 4.39 Å². The van der Waals surface area contributed by atoms with Crippen molar-refractivity contribution in [3.05, 3.63) is 35.8 Å². The summed E-state index contributed by atoms with van der Waals surface area (Å²) in [7, 11) is 2.17. The molecule has 1 saturated heterocycles. The Morgan fingerprint density at radius 1 is 1.44 bits per heavy atom. The largest absolute Gasteiger partial charge is 0.361 e. The summed E-state index contributed by atoms with van der Waals surface area (Å²) in [4.78, 5) is 5.54. The maximum absolute atomic E-state index is 13.1. The summed E-state index contributed by atoms with van der Waals surface area (Å²) in [6, 6.07) is 5.47. The number of aromatic nitrogens is 1. The van der Waals surface area contributed by atoms with Crippen LogP contribution in [0.15, 0.2) is 24.4 Å². The van der Waals surface area contributed by atoms with Crippen LogP contribution in [-0.2, 0) is 6.42 Å². The first kappa shape index (κ1) is 11.7. The van der Waals surface area contributed by atoms with E-state index in [-0.39, 0.29) is 5.82 Å². The molecule has 1 aromatic heterocycles. The van der Waals surface area contributed by atoms with E-state index in [0.29, 0.717) is 6.04 Å². The van der Waals surface area contributed by atoms with Crippen molar-refractivity contribution in [1.82, 2.24) is 15.2 Å². The molecule has 0 bridgehead atoms. The van der Waals surface area contributed by atoms with E-state index in [2.05, 4.69) is 22.2 Å². The van der Waals surface area contributed by atoms with Crippen LogP contribution in [0.2, 0.25) is 0 Å². The van der Waals surface area contributed by atoms with Crippen LogP contribution in [0.4, 0.5) is 4.39 Å². The van der Waals surface area contributed by atoms with E-state index in [4.69, 9.17) is 0 Å². The zero-order valence-corrected chi connectivity index (χ0v) is 10.5. The van der Waals surface area contributed by atoms with E-state index in [1.807, 2.05) is 12.3 Å². The Balaban J connectivity index is 1.86. The average molecular weight is 247 g/mol. The van der Waals surface area contributed by atoms with Crippen LogP contribution < -0.4 is 5.32 Å². The molecule has 1 unspecified atom stereocenters. The number of likely N-dealkylation sites (N-methyl/N-ethyl adjacent to an activating group) is 1. The van der Waals surface area contributed by atoms with Gasteiger partial charge in [-0.15, -0.1) is 0 Å². The highest BCUT2D eigenvalue weighted by Gasteiger charge is 2.20. The van der Waals surface area contributed by atoms with Crippen molar-refractivity contribution in [3.63, 3.8) is 0 Å². The number of piperazine rings is 1. The molecule has 18 heavy (non-hydrogen) atoms. The van der Waals surface area contributed by atoms with Gasteiger partial charge in [-0.3, -0.25) is 0 Å². The number of nitrogens with zero attached hydrogens (tertiary/aromatic N) is 1. The first-order valence-corrected chi connectivity index (χ1v) is 6.40. The van der Waals surface area contributed by atoms with Gasteiger partial charge in [-0.1, -0.05) is 0 Å². The molecule has 2 heterocycles. The fraction of sp³-hybridized carbons (Fsp3) is 0.429. The lowest BCUT2D eigenvalue weighted by Gasteiger charge is -2.33. The lowest BCUT2D eigenvalue weighted by molar-refractivity contribution is 0.199.